The number of nitrogens with zero attached hydrogens (tertiary/aromatic N) is 2. The van der Waals surface area contributed by atoms with E-state index < -0.39 is 27.6 Å². The minimum Gasteiger partial charge on any atom is -0.487 e. The van der Waals surface area contributed by atoms with E-state index in [1.165, 1.54) is 38.2 Å². The van der Waals surface area contributed by atoms with E-state index >= 15 is 0 Å². The van der Waals surface area contributed by atoms with Gasteiger partial charge < -0.3 is 19.5 Å². The van der Waals surface area contributed by atoms with Gasteiger partial charge in [-0.15, -0.1) is 0 Å². The van der Waals surface area contributed by atoms with Gasteiger partial charge in [-0.2, -0.15) is 8.42 Å². The fourth-order valence-electron chi connectivity index (χ4n) is 6.56. The van der Waals surface area contributed by atoms with E-state index in [0.29, 0.717) is 49.7 Å². The Morgan fingerprint density at radius 3 is 2.60 bits per heavy atom. The molecule has 6 rings (SSSR count). The number of benzene rings is 1. The van der Waals surface area contributed by atoms with E-state index in [2.05, 4.69) is 9.71 Å². The zero-order chi connectivity index (χ0) is 27.9. The number of rotatable bonds is 8. The Morgan fingerprint density at radius 1 is 1.05 bits per heavy atom. The molecule has 216 valence electrons. The molecule has 2 N–H and O–H groups in total. The van der Waals surface area contributed by atoms with Crippen LogP contribution in [0.5, 0.6) is 11.5 Å². The molecule has 1 saturated heterocycles. The Hall–Kier alpha value is -2.85. The summed E-state index contributed by atoms with van der Waals surface area (Å²) in [6.45, 7) is 2.93. The maximum absolute atomic E-state index is 13.3. The van der Waals surface area contributed by atoms with Crippen molar-refractivity contribution in [3.05, 3.63) is 42.0 Å². The van der Waals surface area contributed by atoms with E-state index in [4.69, 9.17) is 9.47 Å². The fourth-order valence-corrected chi connectivity index (χ4v) is 7.56. The van der Waals surface area contributed by atoms with Crippen molar-refractivity contribution in [2.75, 3.05) is 18.0 Å². The predicted octanol–water partition coefficient (Wildman–Crippen LogP) is 4.12. The van der Waals surface area contributed by atoms with E-state index in [0.717, 1.165) is 30.2 Å². The molecule has 3 aliphatic carbocycles. The molecule has 4 aliphatic rings. The number of pyridine rings is 1. The van der Waals surface area contributed by atoms with Crippen LogP contribution < -0.4 is 19.1 Å². The van der Waals surface area contributed by atoms with Crippen LogP contribution in [0.2, 0.25) is 0 Å². The molecule has 4 fully saturated rings. The number of nitrogens with one attached hydrogen (secondary N) is 1. The van der Waals surface area contributed by atoms with Crippen molar-refractivity contribution in [3.8, 4) is 11.5 Å². The van der Waals surface area contributed by atoms with Crippen molar-refractivity contribution in [1.82, 2.24) is 9.71 Å². The highest BCUT2D eigenvalue weighted by Crippen LogP contribution is 2.46. The van der Waals surface area contributed by atoms with Crippen molar-refractivity contribution >= 4 is 21.7 Å². The Labute approximate surface area is 236 Å². The summed E-state index contributed by atoms with van der Waals surface area (Å²) in [4.78, 5) is 19.4. The number of carbonyl (C=O) groups excluding carboxylic acids is 1. The molecule has 2 aromatic rings. The first-order chi connectivity index (χ1) is 19.2. The molecule has 4 unspecified atom stereocenters. The first kappa shape index (κ1) is 27.3. The van der Waals surface area contributed by atoms with E-state index in [9.17, 15) is 18.3 Å². The number of hydrogen-bond acceptors (Lipinski definition) is 8. The predicted molar refractivity (Wildman–Crippen MR) is 150 cm³/mol. The molecule has 1 amide bonds. The Morgan fingerprint density at radius 2 is 1.85 bits per heavy atom. The zero-order valence-electron chi connectivity index (χ0n) is 23.0. The molecule has 0 spiro atoms. The maximum Gasteiger partial charge on any atom is 0.281 e. The van der Waals surface area contributed by atoms with Crippen molar-refractivity contribution in [3.63, 3.8) is 0 Å². The number of anilines is 1. The number of aromatic nitrogens is 1. The Bertz CT molecular complexity index is 1360. The van der Waals surface area contributed by atoms with Crippen LogP contribution in [0.3, 0.4) is 0 Å². The lowest BCUT2D eigenvalue weighted by Crippen LogP contribution is -2.43. The smallest absolute Gasteiger partial charge is 0.281 e. The molecule has 3 saturated carbocycles. The van der Waals surface area contributed by atoms with Crippen LogP contribution in [-0.2, 0) is 14.8 Å². The van der Waals surface area contributed by atoms with Crippen molar-refractivity contribution in [2.24, 2.45) is 11.8 Å². The lowest BCUT2D eigenvalue weighted by atomic mass is 9.70. The van der Waals surface area contributed by atoms with Crippen LogP contribution >= 0.6 is 0 Å². The molecular weight excluding hydrogens is 530 g/mol. The van der Waals surface area contributed by atoms with Gasteiger partial charge >= 0.3 is 0 Å². The number of hydrogen-bond donors (Lipinski definition) is 2. The van der Waals surface area contributed by atoms with E-state index in [1.807, 2.05) is 30.0 Å². The molecule has 40 heavy (non-hydrogen) atoms. The average molecular weight is 570 g/mol. The fraction of sp³-hybridized carbons (Fsp3) is 0.600. The van der Waals surface area contributed by atoms with Crippen LogP contribution in [-0.4, -0.2) is 55.3 Å². The van der Waals surface area contributed by atoms with Crippen molar-refractivity contribution < 1.29 is 27.8 Å². The monoisotopic (exact) mass is 569 g/mol. The number of amides is 1. The Kier molecular flexibility index (Phi) is 7.41. The number of carbonyl (C=O) groups is 1. The molecule has 9 nitrogen and oxygen atoms in total. The highest BCUT2D eigenvalue weighted by Gasteiger charge is 2.54. The first-order valence-electron chi connectivity index (χ1n) is 14.6. The van der Waals surface area contributed by atoms with Gasteiger partial charge in [-0.25, -0.2) is 9.71 Å². The van der Waals surface area contributed by atoms with Crippen LogP contribution in [0.1, 0.15) is 69.8 Å². The number of aliphatic hydroxyl groups excluding tert-OH is 1. The van der Waals surface area contributed by atoms with E-state index in [1.54, 1.807) is 12.1 Å². The first-order valence-corrected chi connectivity index (χ1v) is 16.1. The second kappa shape index (κ2) is 10.9. The third kappa shape index (κ3) is 5.79. The summed E-state index contributed by atoms with van der Waals surface area (Å²) in [6.07, 6.45) is 9.57. The van der Waals surface area contributed by atoms with Gasteiger partial charge in [0.15, 0.2) is 22.1 Å². The average Bonchev–Trinajstić information content (AvgIpc) is 3.60. The van der Waals surface area contributed by atoms with Gasteiger partial charge in [-0.05, 0) is 74.3 Å². The minimum atomic E-state index is -4.22. The zero-order valence-corrected chi connectivity index (χ0v) is 23.9. The van der Waals surface area contributed by atoms with Crippen LogP contribution in [0.25, 0.3) is 0 Å². The summed E-state index contributed by atoms with van der Waals surface area (Å²) in [5.74, 6) is 2.37. The Balaban J connectivity index is 1.14. The third-order valence-electron chi connectivity index (χ3n) is 9.01. The van der Waals surface area contributed by atoms with Gasteiger partial charge in [0.25, 0.3) is 15.9 Å². The number of aryl methyl sites for hydroxylation is 1. The summed E-state index contributed by atoms with van der Waals surface area (Å²) >= 11 is 0. The van der Waals surface area contributed by atoms with Gasteiger partial charge in [0.2, 0.25) is 0 Å². The van der Waals surface area contributed by atoms with Crippen molar-refractivity contribution in [2.45, 2.75) is 94.0 Å². The molecule has 0 radical (unpaired) electrons. The highest BCUT2D eigenvalue weighted by atomic mass is 32.2. The number of sulfonamides is 1. The molecular formula is C30H39N3O6S. The SMILES string of the molecule is Cc1ccc(OC2CCC3CCCCC3C2)c(OC2(C(=O)NS(=O)(=O)c3cccc(N4CCC(O)C4)n3)CC2)c1. The highest BCUT2D eigenvalue weighted by molar-refractivity contribution is 7.90. The number of fused-ring (bicyclic) bond motifs is 1. The number of β-amino-alcohol motifs (C(OH)–C–C–N with tert-alkyl or cyclic N) is 1. The van der Waals surface area contributed by atoms with Gasteiger partial charge in [0.05, 0.1) is 12.2 Å². The van der Waals surface area contributed by atoms with Crippen LogP contribution in [0.15, 0.2) is 41.4 Å². The molecule has 1 aliphatic heterocycles. The van der Waals surface area contributed by atoms with Gasteiger partial charge in [-0.1, -0.05) is 37.8 Å². The van der Waals surface area contributed by atoms with Crippen molar-refractivity contribution in [1.29, 1.82) is 0 Å². The summed E-state index contributed by atoms with van der Waals surface area (Å²) in [5.41, 5.74) is -0.299. The van der Waals surface area contributed by atoms with Gasteiger partial charge in [0, 0.05) is 25.9 Å². The summed E-state index contributed by atoms with van der Waals surface area (Å²) in [5, 5.41) is 9.59. The molecule has 4 atom stereocenters. The topological polar surface area (TPSA) is 118 Å². The molecule has 1 aromatic heterocycles. The van der Waals surface area contributed by atoms with Crippen LogP contribution in [0, 0.1) is 18.8 Å². The lowest BCUT2D eigenvalue weighted by Gasteiger charge is -2.39. The second-order valence-electron chi connectivity index (χ2n) is 12.1. The third-order valence-corrected chi connectivity index (χ3v) is 10.2. The minimum absolute atomic E-state index is 0.115. The van der Waals surface area contributed by atoms with E-state index in [-0.39, 0.29) is 11.1 Å². The van der Waals surface area contributed by atoms with Gasteiger partial charge in [0.1, 0.15) is 5.82 Å². The quantitative estimate of drug-likeness (QED) is 0.488. The maximum atomic E-state index is 13.3. The summed E-state index contributed by atoms with van der Waals surface area (Å²) in [6, 6.07) is 10.4. The normalized spacial score (nSPS) is 27.5. The molecule has 2 heterocycles. The lowest BCUT2D eigenvalue weighted by molar-refractivity contribution is -0.128. The largest absolute Gasteiger partial charge is 0.487 e. The standard InChI is InChI=1S/C30H39N3O6S/c1-20-9-12-25(38-24-11-10-21-5-2-3-6-22(21)18-24)26(17-20)39-30(14-15-30)29(35)32-40(36,37)28-8-4-7-27(31-28)33-16-13-23(34)19-33/h4,7-9,12,17,21-24,34H,2-3,5-6,10-11,13-16,18-19H2,1H3,(H,32,35). The molecule has 1 aromatic carbocycles. The summed E-state index contributed by atoms with van der Waals surface area (Å²) in [7, 11) is -4.22. The second-order valence-corrected chi connectivity index (χ2v) is 13.7. The van der Waals surface area contributed by atoms with Crippen LogP contribution in [0.4, 0.5) is 5.82 Å². The molecule has 0 bridgehead atoms. The number of aliphatic hydroxyl groups is 1. The molecule has 10 heteroatoms. The summed E-state index contributed by atoms with van der Waals surface area (Å²) < 4.78 is 41.3. The van der Waals surface area contributed by atoms with Gasteiger partial charge in [-0.3, -0.25) is 4.79 Å². The number of ether oxygens (including phenoxy) is 2.